The van der Waals surface area contributed by atoms with E-state index in [0.29, 0.717) is 4.83 Å². The van der Waals surface area contributed by atoms with Gasteiger partial charge in [0, 0.05) is 4.83 Å². The maximum absolute atomic E-state index is 9.30. The van der Waals surface area contributed by atoms with Crippen molar-refractivity contribution in [2.45, 2.75) is 42.4 Å². The highest BCUT2D eigenvalue weighted by molar-refractivity contribution is 9.12. The van der Waals surface area contributed by atoms with E-state index in [1.807, 2.05) is 6.92 Å². The van der Waals surface area contributed by atoms with Crippen LogP contribution >= 0.6 is 31.9 Å². The van der Waals surface area contributed by atoms with Crippen LogP contribution in [0.1, 0.15) is 27.2 Å². The molecule has 0 saturated heterocycles. The van der Waals surface area contributed by atoms with Gasteiger partial charge in [0.1, 0.15) is 0 Å². The van der Waals surface area contributed by atoms with Crippen molar-refractivity contribution < 1.29 is 5.11 Å². The Morgan fingerprint density at radius 3 is 2.10 bits per heavy atom. The molecular formula is C7H14Br2O. The van der Waals surface area contributed by atoms with Crippen molar-refractivity contribution in [3.8, 4) is 0 Å². The second-order valence-electron chi connectivity index (χ2n) is 2.70. The Morgan fingerprint density at radius 2 is 2.00 bits per heavy atom. The van der Waals surface area contributed by atoms with Gasteiger partial charge < -0.3 is 5.11 Å². The van der Waals surface area contributed by atoms with E-state index in [-0.39, 0.29) is 10.4 Å². The van der Waals surface area contributed by atoms with Crippen LogP contribution in [0, 0.1) is 0 Å². The first kappa shape index (κ1) is 10.9. The van der Waals surface area contributed by atoms with Gasteiger partial charge in [0.2, 0.25) is 0 Å². The standard InChI is InChI=1S/C7H14Br2O/c1-4-6(8)7(3,9)5(2)10/h5-6,10H,4H2,1-3H3. The van der Waals surface area contributed by atoms with E-state index < -0.39 is 0 Å². The number of alkyl halides is 2. The normalized spacial score (nSPS) is 23.4. The molecule has 0 radical (unpaired) electrons. The van der Waals surface area contributed by atoms with E-state index in [1.54, 1.807) is 6.92 Å². The number of hydrogen-bond acceptors (Lipinski definition) is 1. The van der Waals surface area contributed by atoms with Crippen molar-refractivity contribution in [1.82, 2.24) is 0 Å². The van der Waals surface area contributed by atoms with Crippen molar-refractivity contribution in [2.75, 3.05) is 0 Å². The molecule has 0 aromatic rings. The molecule has 0 aliphatic carbocycles. The second kappa shape index (κ2) is 4.07. The molecular weight excluding hydrogens is 260 g/mol. The summed E-state index contributed by atoms with van der Waals surface area (Å²) in [5.41, 5.74) is 0. The Balaban J connectivity index is 4.09. The van der Waals surface area contributed by atoms with Gasteiger partial charge in [-0.3, -0.25) is 0 Å². The van der Waals surface area contributed by atoms with Crippen LogP contribution in [0.5, 0.6) is 0 Å². The van der Waals surface area contributed by atoms with Crippen molar-refractivity contribution >= 4 is 31.9 Å². The zero-order valence-corrected chi connectivity index (χ0v) is 9.74. The fourth-order valence-electron chi connectivity index (χ4n) is 0.661. The lowest BCUT2D eigenvalue weighted by molar-refractivity contribution is 0.155. The van der Waals surface area contributed by atoms with Gasteiger partial charge in [-0.1, -0.05) is 38.8 Å². The van der Waals surface area contributed by atoms with Crippen LogP contribution in [0.15, 0.2) is 0 Å². The van der Waals surface area contributed by atoms with E-state index >= 15 is 0 Å². The minimum absolute atomic E-state index is 0.207. The maximum Gasteiger partial charge on any atom is 0.0673 e. The largest absolute Gasteiger partial charge is 0.392 e. The monoisotopic (exact) mass is 272 g/mol. The number of halogens is 2. The minimum Gasteiger partial charge on any atom is -0.392 e. The number of aliphatic hydroxyl groups is 1. The molecule has 0 bridgehead atoms. The highest BCUT2D eigenvalue weighted by atomic mass is 79.9. The lowest BCUT2D eigenvalue weighted by atomic mass is 10.0. The molecule has 0 aliphatic rings. The molecule has 0 saturated carbocycles. The molecule has 0 spiro atoms. The highest BCUT2D eigenvalue weighted by Gasteiger charge is 2.32. The summed E-state index contributed by atoms with van der Waals surface area (Å²) in [6.07, 6.45) is 0.670. The molecule has 0 amide bonds. The first-order chi connectivity index (χ1) is 4.42. The zero-order valence-electron chi connectivity index (χ0n) is 6.56. The van der Waals surface area contributed by atoms with Crippen LogP contribution in [0.25, 0.3) is 0 Å². The van der Waals surface area contributed by atoms with E-state index in [2.05, 4.69) is 38.8 Å². The average Bonchev–Trinajstić information content (AvgIpc) is 1.86. The summed E-state index contributed by atoms with van der Waals surface area (Å²) in [4.78, 5) is 0.319. The molecule has 0 aromatic carbocycles. The van der Waals surface area contributed by atoms with Gasteiger partial charge in [0.15, 0.2) is 0 Å². The van der Waals surface area contributed by atoms with Gasteiger partial charge in [-0.15, -0.1) is 0 Å². The Hall–Kier alpha value is 0.920. The molecule has 3 unspecified atom stereocenters. The van der Waals surface area contributed by atoms with Crippen LogP contribution in [-0.4, -0.2) is 20.4 Å². The van der Waals surface area contributed by atoms with Crippen molar-refractivity contribution in [3.05, 3.63) is 0 Å². The van der Waals surface area contributed by atoms with Crippen LogP contribution in [0.4, 0.5) is 0 Å². The fourth-order valence-corrected chi connectivity index (χ4v) is 1.37. The summed E-state index contributed by atoms with van der Waals surface area (Å²) >= 11 is 6.97. The van der Waals surface area contributed by atoms with E-state index in [9.17, 15) is 5.11 Å². The van der Waals surface area contributed by atoms with E-state index in [4.69, 9.17) is 0 Å². The Morgan fingerprint density at radius 1 is 1.60 bits per heavy atom. The van der Waals surface area contributed by atoms with Crippen molar-refractivity contribution in [3.63, 3.8) is 0 Å². The minimum atomic E-state index is -0.336. The van der Waals surface area contributed by atoms with Crippen LogP contribution in [-0.2, 0) is 0 Å². The summed E-state index contributed by atoms with van der Waals surface area (Å²) in [6, 6.07) is 0. The smallest absolute Gasteiger partial charge is 0.0673 e. The molecule has 10 heavy (non-hydrogen) atoms. The zero-order chi connectivity index (χ0) is 8.36. The van der Waals surface area contributed by atoms with Crippen LogP contribution < -0.4 is 0 Å². The van der Waals surface area contributed by atoms with E-state index in [1.165, 1.54) is 0 Å². The molecule has 1 N–H and O–H groups in total. The predicted molar refractivity (Wildman–Crippen MR) is 52.0 cm³/mol. The van der Waals surface area contributed by atoms with Crippen LogP contribution in [0.2, 0.25) is 0 Å². The molecule has 0 aliphatic heterocycles. The van der Waals surface area contributed by atoms with Gasteiger partial charge in [-0.2, -0.15) is 0 Å². The first-order valence-corrected chi connectivity index (χ1v) is 5.14. The third-order valence-corrected chi connectivity index (χ3v) is 5.22. The topological polar surface area (TPSA) is 20.2 Å². The molecule has 0 fully saturated rings. The fraction of sp³-hybridized carbons (Fsp3) is 1.00. The molecule has 0 heterocycles. The Kier molecular flexibility index (Phi) is 4.45. The van der Waals surface area contributed by atoms with Gasteiger partial charge in [0.25, 0.3) is 0 Å². The predicted octanol–water partition coefficient (Wildman–Crippen LogP) is 2.69. The highest BCUT2D eigenvalue weighted by Crippen LogP contribution is 2.32. The Bertz CT molecular complexity index is 102. The van der Waals surface area contributed by atoms with Gasteiger partial charge in [-0.05, 0) is 20.3 Å². The molecule has 3 atom stereocenters. The summed E-state index contributed by atoms with van der Waals surface area (Å²) in [6.45, 7) is 5.86. The number of rotatable bonds is 3. The number of aliphatic hydroxyl groups excluding tert-OH is 1. The maximum atomic E-state index is 9.30. The lowest BCUT2D eigenvalue weighted by Crippen LogP contribution is -2.38. The molecule has 1 nitrogen and oxygen atoms in total. The summed E-state index contributed by atoms with van der Waals surface area (Å²) in [7, 11) is 0. The third kappa shape index (κ3) is 2.51. The SMILES string of the molecule is CCC(Br)C(C)(Br)C(C)O. The number of hydrogen-bond donors (Lipinski definition) is 1. The van der Waals surface area contributed by atoms with Crippen molar-refractivity contribution in [1.29, 1.82) is 0 Å². The van der Waals surface area contributed by atoms with Crippen molar-refractivity contribution in [2.24, 2.45) is 0 Å². The molecule has 0 aromatic heterocycles. The first-order valence-electron chi connectivity index (χ1n) is 3.44. The quantitative estimate of drug-likeness (QED) is 0.784. The van der Waals surface area contributed by atoms with Gasteiger partial charge >= 0.3 is 0 Å². The van der Waals surface area contributed by atoms with Gasteiger partial charge in [0.05, 0.1) is 10.4 Å². The molecule has 0 rings (SSSR count). The molecule has 62 valence electrons. The van der Waals surface area contributed by atoms with Gasteiger partial charge in [-0.25, -0.2) is 0 Å². The summed E-state index contributed by atoms with van der Waals surface area (Å²) < 4.78 is -0.207. The average molecular weight is 274 g/mol. The summed E-state index contributed by atoms with van der Waals surface area (Å²) in [5, 5.41) is 9.30. The lowest BCUT2D eigenvalue weighted by Gasteiger charge is -2.30. The summed E-state index contributed by atoms with van der Waals surface area (Å²) in [5.74, 6) is 0. The third-order valence-electron chi connectivity index (χ3n) is 1.79. The Labute approximate surface area is 79.5 Å². The van der Waals surface area contributed by atoms with E-state index in [0.717, 1.165) is 6.42 Å². The second-order valence-corrected chi connectivity index (χ2v) is 5.52. The molecule has 3 heteroatoms. The van der Waals surface area contributed by atoms with Crippen LogP contribution in [0.3, 0.4) is 0 Å².